The van der Waals surface area contributed by atoms with E-state index in [9.17, 15) is 0 Å². The maximum atomic E-state index is 4.56. The summed E-state index contributed by atoms with van der Waals surface area (Å²) in [5.41, 5.74) is 1.30. The minimum Gasteiger partial charge on any atom is -0.353 e. The normalized spacial score (nSPS) is 16.2. The fraction of sp³-hybridized carbons (Fsp3) is 0.471. The number of rotatable bonds is 4. The Labute approximate surface area is 145 Å². The van der Waals surface area contributed by atoms with E-state index in [0.717, 1.165) is 49.8 Å². The van der Waals surface area contributed by atoms with Crippen LogP contribution in [-0.2, 0) is 13.5 Å². The summed E-state index contributed by atoms with van der Waals surface area (Å²) in [6.07, 6.45) is 4.62. The van der Waals surface area contributed by atoms with Gasteiger partial charge >= 0.3 is 0 Å². The van der Waals surface area contributed by atoms with E-state index in [2.05, 4.69) is 43.9 Å². The van der Waals surface area contributed by atoms with Crippen LogP contribution < -0.4 is 4.90 Å². The third-order valence-electron chi connectivity index (χ3n) is 4.71. The molecule has 1 aliphatic heterocycles. The van der Waals surface area contributed by atoms with Crippen LogP contribution in [0.1, 0.15) is 10.6 Å². The van der Waals surface area contributed by atoms with E-state index in [0.29, 0.717) is 0 Å². The monoisotopic (exact) mass is 342 g/mol. The summed E-state index contributed by atoms with van der Waals surface area (Å²) in [4.78, 5) is 16.3. The summed E-state index contributed by atoms with van der Waals surface area (Å²) in [5.74, 6) is 1.09. The van der Waals surface area contributed by atoms with Crippen molar-refractivity contribution in [3.05, 3.63) is 35.2 Å². The highest BCUT2D eigenvalue weighted by Crippen LogP contribution is 2.30. The number of piperazine rings is 1. The number of aryl methyl sites for hydroxylation is 2. The Hall–Kier alpha value is -1.99. The van der Waals surface area contributed by atoms with E-state index in [1.54, 1.807) is 17.7 Å². The highest BCUT2D eigenvalue weighted by Gasteiger charge is 2.20. The highest BCUT2D eigenvalue weighted by molar-refractivity contribution is 7.18. The van der Waals surface area contributed by atoms with Crippen molar-refractivity contribution < 1.29 is 0 Å². The molecular weight excluding hydrogens is 320 g/mol. The molecule has 0 radical (unpaired) electrons. The second-order valence-electron chi connectivity index (χ2n) is 6.30. The Morgan fingerprint density at radius 1 is 1.17 bits per heavy atom. The van der Waals surface area contributed by atoms with Gasteiger partial charge in [0.1, 0.15) is 17.0 Å². The largest absolute Gasteiger partial charge is 0.353 e. The topological polar surface area (TPSA) is 50.1 Å². The summed E-state index contributed by atoms with van der Waals surface area (Å²) in [6, 6.07) is 4.32. The first kappa shape index (κ1) is 15.5. The van der Waals surface area contributed by atoms with Gasteiger partial charge in [-0.1, -0.05) is 0 Å². The van der Waals surface area contributed by atoms with Crippen molar-refractivity contribution in [3.63, 3.8) is 0 Å². The van der Waals surface area contributed by atoms with E-state index in [1.165, 1.54) is 16.0 Å². The molecule has 0 amide bonds. The van der Waals surface area contributed by atoms with Gasteiger partial charge in [-0.25, -0.2) is 9.97 Å². The molecule has 126 valence electrons. The van der Waals surface area contributed by atoms with Crippen LogP contribution in [0.25, 0.3) is 10.2 Å². The SMILES string of the molecule is Cc1cc2c(N3CCN(CCc4ccnn4C)CC3)ncnc2s1. The molecular formula is C17H22N6S. The molecule has 0 bridgehead atoms. The number of hydrogen-bond donors (Lipinski definition) is 0. The van der Waals surface area contributed by atoms with Crippen LogP contribution in [0.2, 0.25) is 0 Å². The van der Waals surface area contributed by atoms with Gasteiger partial charge in [0, 0.05) is 63.0 Å². The average Bonchev–Trinajstić information content (AvgIpc) is 3.17. The number of aromatic nitrogens is 4. The summed E-state index contributed by atoms with van der Waals surface area (Å²) in [6.45, 7) is 7.41. The van der Waals surface area contributed by atoms with Crippen molar-refractivity contribution in [2.75, 3.05) is 37.6 Å². The van der Waals surface area contributed by atoms with Gasteiger partial charge in [-0.05, 0) is 19.1 Å². The Morgan fingerprint density at radius 3 is 2.75 bits per heavy atom. The molecule has 4 heterocycles. The maximum absolute atomic E-state index is 4.56. The number of anilines is 1. The molecule has 1 fully saturated rings. The van der Waals surface area contributed by atoms with Gasteiger partial charge in [0.15, 0.2) is 0 Å². The third kappa shape index (κ3) is 3.01. The van der Waals surface area contributed by atoms with Gasteiger partial charge in [0.05, 0.1) is 5.39 Å². The zero-order valence-electron chi connectivity index (χ0n) is 14.1. The van der Waals surface area contributed by atoms with Crippen molar-refractivity contribution in [1.82, 2.24) is 24.6 Å². The number of fused-ring (bicyclic) bond motifs is 1. The molecule has 3 aromatic heterocycles. The van der Waals surface area contributed by atoms with Crippen molar-refractivity contribution >= 4 is 27.4 Å². The van der Waals surface area contributed by atoms with Gasteiger partial charge in [-0.3, -0.25) is 9.58 Å². The molecule has 0 atom stereocenters. The molecule has 0 spiro atoms. The Bertz CT molecular complexity index is 831. The molecule has 0 aromatic carbocycles. The van der Waals surface area contributed by atoms with Crippen LogP contribution in [0.3, 0.4) is 0 Å². The van der Waals surface area contributed by atoms with Gasteiger partial charge in [0.2, 0.25) is 0 Å². The van der Waals surface area contributed by atoms with E-state index in [-0.39, 0.29) is 0 Å². The molecule has 7 heteroatoms. The fourth-order valence-corrected chi connectivity index (χ4v) is 4.16. The second kappa shape index (κ2) is 6.49. The average molecular weight is 342 g/mol. The van der Waals surface area contributed by atoms with Gasteiger partial charge in [0.25, 0.3) is 0 Å². The lowest BCUT2D eigenvalue weighted by Crippen LogP contribution is -2.47. The lowest BCUT2D eigenvalue weighted by Gasteiger charge is -2.35. The molecule has 3 aromatic rings. The third-order valence-corrected chi connectivity index (χ3v) is 5.67. The van der Waals surface area contributed by atoms with Crippen molar-refractivity contribution in [3.8, 4) is 0 Å². The maximum Gasteiger partial charge on any atom is 0.140 e. The van der Waals surface area contributed by atoms with E-state index < -0.39 is 0 Å². The molecule has 0 unspecified atom stereocenters. The molecule has 0 aliphatic carbocycles. The molecule has 0 N–H and O–H groups in total. The standard InChI is InChI=1S/C17H22N6S/c1-13-11-15-16(18-12-19-17(15)24-13)23-9-7-22(8-10-23)6-4-14-3-5-20-21(14)2/h3,5,11-12H,4,6-10H2,1-2H3. The van der Waals surface area contributed by atoms with Crippen LogP contribution in [0.15, 0.2) is 24.7 Å². The van der Waals surface area contributed by atoms with Crippen molar-refractivity contribution in [2.24, 2.45) is 7.05 Å². The summed E-state index contributed by atoms with van der Waals surface area (Å²) >= 11 is 1.74. The predicted molar refractivity (Wildman–Crippen MR) is 97.7 cm³/mol. The first-order valence-electron chi connectivity index (χ1n) is 8.36. The summed E-state index contributed by atoms with van der Waals surface area (Å²) in [7, 11) is 2.01. The minimum atomic E-state index is 1.02. The Balaban J connectivity index is 1.39. The quantitative estimate of drug-likeness (QED) is 0.727. The summed E-state index contributed by atoms with van der Waals surface area (Å²) < 4.78 is 1.97. The lowest BCUT2D eigenvalue weighted by atomic mass is 10.2. The lowest BCUT2D eigenvalue weighted by molar-refractivity contribution is 0.259. The minimum absolute atomic E-state index is 1.02. The van der Waals surface area contributed by atoms with Crippen molar-refractivity contribution in [2.45, 2.75) is 13.3 Å². The van der Waals surface area contributed by atoms with Gasteiger partial charge in [-0.15, -0.1) is 11.3 Å². The highest BCUT2D eigenvalue weighted by atomic mass is 32.1. The molecule has 1 aliphatic rings. The molecule has 1 saturated heterocycles. The van der Waals surface area contributed by atoms with Gasteiger partial charge < -0.3 is 4.90 Å². The zero-order valence-corrected chi connectivity index (χ0v) is 15.0. The van der Waals surface area contributed by atoms with Crippen LogP contribution in [-0.4, -0.2) is 57.4 Å². The molecule has 24 heavy (non-hydrogen) atoms. The van der Waals surface area contributed by atoms with Crippen LogP contribution in [0, 0.1) is 6.92 Å². The molecule has 4 rings (SSSR count). The Kier molecular flexibility index (Phi) is 4.20. The number of nitrogens with zero attached hydrogens (tertiary/aromatic N) is 6. The van der Waals surface area contributed by atoms with Crippen LogP contribution >= 0.6 is 11.3 Å². The van der Waals surface area contributed by atoms with E-state index in [4.69, 9.17) is 0 Å². The van der Waals surface area contributed by atoms with Crippen LogP contribution in [0.4, 0.5) is 5.82 Å². The van der Waals surface area contributed by atoms with Crippen molar-refractivity contribution in [1.29, 1.82) is 0 Å². The Morgan fingerprint density at radius 2 is 2.00 bits per heavy atom. The predicted octanol–water partition coefficient (Wildman–Crippen LogP) is 2.10. The summed E-state index contributed by atoms with van der Waals surface area (Å²) in [5, 5.41) is 5.44. The zero-order chi connectivity index (χ0) is 16.5. The first-order valence-corrected chi connectivity index (χ1v) is 9.18. The van der Waals surface area contributed by atoms with Gasteiger partial charge in [-0.2, -0.15) is 5.10 Å². The number of thiophene rings is 1. The number of hydrogen-bond acceptors (Lipinski definition) is 6. The fourth-order valence-electron chi connectivity index (χ4n) is 3.32. The van der Waals surface area contributed by atoms with E-state index >= 15 is 0 Å². The second-order valence-corrected chi connectivity index (χ2v) is 7.53. The van der Waals surface area contributed by atoms with E-state index in [1.807, 2.05) is 17.9 Å². The van der Waals surface area contributed by atoms with Crippen LogP contribution in [0.5, 0.6) is 0 Å². The first-order chi connectivity index (χ1) is 11.7. The molecule has 6 nitrogen and oxygen atoms in total. The smallest absolute Gasteiger partial charge is 0.140 e. The molecule has 0 saturated carbocycles.